The minimum Gasteiger partial charge on any atom is -0.496 e. The summed E-state index contributed by atoms with van der Waals surface area (Å²) in [7, 11) is 1.73. The van der Waals surface area contributed by atoms with Crippen LogP contribution in [0.25, 0.3) is 5.69 Å². The summed E-state index contributed by atoms with van der Waals surface area (Å²) < 4.78 is 14.0. The molecule has 1 aromatic heterocycles. The Labute approximate surface area is 163 Å². The van der Waals surface area contributed by atoms with Crippen LogP contribution in [0.15, 0.2) is 48.7 Å². The summed E-state index contributed by atoms with van der Waals surface area (Å²) in [5, 5.41) is 4.45. The molecule has 5 heteroatoms. The molecule has 0 saturated heterocycles. The molecule has 0 aliphatic carbocycles. The summed E-state index contributed by atoms with van der Waals surface area (Å²) in [4.78, 5) is 0. The van der Waals surface area contributed by atoms with Gasteiger partial charge in [-0.1, -0.05) is 17.7 Å². The zero-order chi connectivity index (χ0) is 18.5. The van der Waals surface area contributed by atoms with Gasteiger partial charge >= 0.3 is 0 Å². The van der Waals surface area contributed by atoms with E-state index in [4.69, 9.17) is 21.1 Å². The van der Waals surface area contributed by atoms with E-state index in [-0.39, 0.29) is 12.1 Å². The van der Waals surface area contributed by atoms with Crippen LogP contribution in [0.5, 0.6) is 11.5 Å². The normalized spacial score (nSPS) is 20.3. The smallest absolute Gasteiger partial charge is 0.124 e. The minimum atomic E-state index is -0.0248. The van der Waals surface area contributed by atoms with E-state index in [1.807, 2.05) is 12.1 Å². The largest absolute Gasteiger partial charge is 0.496 e. The van der Waals surface area contributed by atoms with E-state index < -0.39 is 0 Å². The van der Waals surface area contributed by atoms with Crippen molar-refractivity contribution < 1.29 is 9.47 Å². The fourth-order valence-electron chi connectivity index (χ4n) is 4.23. The molecule has 0 radical (unpaired) electrons. The summed E-state index contributed by atoms with van der Waals surface area (Å²) in [5.41, 5.74) is 5.65. The lowest BCUT2D eigenvalue weighted by atomic mass is 9.99. The molecule has 138 valence electrons. The average Bonchev–Trinajstić information content (AvgIpc) is 3.24. The van der Waals surface area contributed by atoms with Crippen LogP contribution < -0.4 is 14.8 Å². The first-order valence-corrected chi connectivity index (χ1v) is 9.59. The van der Waals surface area contributed by atoms with Gasteiger partial charge < -0.3 is 19.4 Å². The lowest BCUT2D eigenvalue weighted by Gasteiger charge is -2.21. The van der Waals surface area contributed by atoms with Crippen LogP contribution >= 0.6 is 11.6 Å². The van der Waals surface area contributed by atoms with Gasteiger partial charge in [-0.15, -0.1) is 0 Å². The van der Waals surface area contributed by atoms with Gasteiger partial charge in [0.15, 0.2) is 0 Å². The van der Waals surface area contributed by atoms with E-state index in [2.05, 4.69) is 53.3 Å². The van der Waals surface area contributed by atoms with E-state index >= 15 is 0 Å². The van der Waals surface area contributed by atoms with Gasteiger partial charge in [0.2, 0.25) is 0 Å². The number of nitrogens with one attached hydrogen (secondary N) is 1. The number of methoxy groups -OCH3 is 1. The molecule has 3 aromatic rings. The Morgan fingerprint density at radius 2 is 2.11 bits per heavy atom. The molecule has 0 fully saturated rings. The highest BCUT2D eigenvalue weighted by molar-refractivity contribution is 6.31. The molecule has 2 atom stereocenters. The van der Waals surface area contributed by atoms with Gasteiger partial charge in [0, 0.05) is 46.6 Å². The van der Waals surface area contributed by atoms with Gasteiger partial charge in [0.1, 0.15) is 17.6 Å². The molecule has 2 unspecified atom stereocenters. The molecule has 3 heterocycles. The highest BCUT2D eigenvalue weighted by Crippen LogP contribution is 2.41. The number of fused-ring (bicyclic) bond motifs is 4. The van der Waals surface area contributed by atoms with Crippen LogP contribution in [0.2, 0.25) is 5.02 Å². The van der Waals surface area contributed by atoms with Crippen LogP contribution in [0.4, 0.5) is 0 Å². The Hall–Kier alpha value is -2.43. The first kappa shape index (κ1) is 16.7. The fraction of sp³-hybridized carbons (Fsp3) is 0.273. The van der Waals surface area contributed by atoms with Crippen LogP contribution in [0, 0.1) is 0 Å². The van der Waals surface area contributed by atoms with Crippen molar-refractivity contribution in [3.63, 3.8) is 0 Å². The highest BCUT2D eigenvalue weighted by atomic mass is 35.5. The molecule has 2 aromatic carbocycles. The van der Waals surface area contributed by atoms with Gasteiger partial charge in [-0.25, -0.2) is 0 Å². The lowest BCUT2D eigenvalue weighted by molar-refractivity contribution is 0.254. The third-order valence-corrected chi connectivity index (χ3v) is 5.83. The maximum Gasteiger partial charge on any atom is 0.124 e. The maximum absolute atomic E-state index is 6.50. The van der Waals surface area contributed by atoms with Gasteiger partial charge in [-0.05, 0) is 43.3 Å². The van der Waals surface area contributed by atoms with E-state index in [1.54, 1.807) is 7.11 Å². The Morgan fingerprint density at radius 1 is 1.22 bits per heavy atom. The summed E-state index contributed by atoms with van der Waals surface area (Å²) in [6, 6.07) is 14.5. The standard InChI is InChI=1S/C22H21ClN2O2/c1-13-9-14-10-21(26-2)15(11-20(14)27-13)22-19-7-4-8-25(19)18-6-3-5-17(23)16(18)12-24-22/h3-8,10-11,13,22,24H,9,12H2,1-2H3. The predicted molar refractivity (Wildman–Crippen MR) is 106 cm³/mol. The first-order valence-electron chi connectivity index (χ1n) is 9.21. The Balaban J connectivity index is 1.66. The van der Waals surface area contributed by atoms with E-state index in [9.17, 15) is 0 Å². The number of nitrogens with zero attached hydrogens (tertiary/aromatic N) is 1. The SMILES string of the molecule is COc1cc2c(cc1C1NCc3c(Cl)cccc3-n3cccc31)OC(C)C2. The molecule has 1 N–H and O–H groups in total. The fourth-order valence-corrected chi connectivity index (χ4v) is 4.47. The number of ether oxygens (including phenoxy) is 2. The van der Waals surface area contributed by atoms with Crippen LogP contribution in [-0.2, 0) is 13.0 Å². The van der Waals surface area contributed by atoms with Crippen LogP contribution in [0.1, 0.15) is 35.3 Å². The summed E-state index contributed by atoms with van der Waals surface area (Å²) in [5.74, 6) is 1.84. The quantitative estimate of drug-likeness (QED) is 0.702. The Morgan fingerprint density at radius 3 is 2.96 bits per heavy atom. The van der Waals surface area contributed by atoms with Gasteiger partial charge in [0.25, 0.3) is 0 Å². The topological polar surface area (TPSA) is 35.4 Å². The monoisotopic (exact) mass is 380 g/mol. The van der Waals surface area contributed by atoms with Gasteiger partial charge in [-0.2, -0.15) is 0 Å². The summed E-state index contributed by atoms with van der Waals surface area (Å²) >= 11 is 6.50. The van der Waals surface area contributed by atoms with E-state index in [0.717, 1.165) is 45.5 Å². The molecule has 0 spiro atoms. The second-order valence-corrected chi connectivity index (χ2v) is 7.60. The number of benzene rings is 2. The van der Waals surface area contributed by atoms with Crippen molar-refractivity contribution in [1.82, 2.24) is 9.88 Å². The number of rotatable bonds is 2. The molecule has 0 bridgehead atoms. The number of aromatic nitrogens is 1. The third kappa shape index (κ3) is 2.63. The van der Waals surface area contributed by atoms with E-state index in [0.29, 0.717) is 6.54 Å². The molecule has 0 amide bonds. The number of hydrogen-bond donors (Lipinski definition) is 1. The molecule has 2 aliphatic heterocycles. The molecular formula is C22H21ClN2O2. The Kier molecular flexibility index (Phi) is 3.92. The predicted octanol–water partition coefficient (Wildman–Crippen LogP) is 4.66. The van der Waals surface area contributed by atoms with Crippen molar-refractivity contribution in [2.24, 2.45) is 0 Å². The van der Waals surface area contributed by atoms with Crippen molar-refractivity contribution in [3.05, 3.63) is 76.1 Å². The molecule has 27 heavy (non-hydrogen) atoms. The summed E-state index contributed by atoms with van der Waals surface area (Å²) in [6.45, 7) is 2.78. The number of halogens is 1. The van der Waals surface area contributed by atoms with Crippen molar-refractivity contribution >= 4 is 11.6 Å². The van der Waals surface area contributed by atoms with Gasteiger partial charge in [-0.3, -0.25) is 0 Å². The minimum absolute atomic E-state index is 0.0248. The van der Waals surface area contributed by atoms with Crippen molar-refractivity contribution in [3.8, 4) is 17.2 Å². The second kappa shape index (κ2) is 6.32. The third-order valence-electron chi connectivity index (χ3n) is 5.47. The van der Waals surface area contributed by atoms with Crippen molar-refractivity contribution in [2.75, 3.05) is 7.11 Å². The molecule has 0 saturated carbocycles. The molecule has 5 rings (SSSR count). The van der Waals surface area contributed by atoms with Crippen LogP contribution in [-0.4, -0.2) is 17.8 Å². The van der Waals surface area contributed by atoms with Crippen LogP contribution in [0.3, 0.4) is 0 Å². The van der Waals surface area contributed by atoms with Crippen molar-refractivity contribution in [1.29, 1.82) is 0 Å². The Bertz CT molecular complexity index is 1030. The summed E-state index contributed by atoms with van der Waals surface area (Å²) in [6.07, 6.45) is 3.21. The maximum atomic E-state index is 6.50. The van der Waals surface area contributed by atoms with E-state index in [1.165, 1.54) is 5.56 Å². The zero-order valence-corrected chi connectivity index (χ0v) is 16.1. The zero-order valence-electron chi connectivity index (χ0n) is 15.3. The van der Waals surface area contributed by atoms with Gasteiger partial charge in [0.05, 0.1) is 18.8 Å². The first-order chi connectivity index (χ1) is 13.2. The van der Waals surface area contributed by atoms with Crippen molar-refractivity contribution in [2.45, 2.75) is 32.0 Å². The molecule has 2 aliphatic rings. The highest BCUT2D eigenvalue weighted by Gasteiger charge is 2.29. The average molecular weight is 381 g/mol. The lowest BCUT2D eigenvalue weighted by Crippen LogP contribution is -2.22. The molecule has 4 nitrogen and oxygen atoms in total. The number of hydrogen-bond acceptors (Lipinski definition) is 3. The second-order valence-electron chi connectivity index (χ2n) is 7.19. The molecular weight excluding hydrogens is 360 g/mol.